The molecule has 84 valence electrons. The van der Waals surface area contributed by atoms with Crippen LogP contribution in [0.3, 0.4) is 0 Å². The zero-order valence-electron chi connectivity index (χ0n) is 8.54. The molecule has 1 atom stereocenters. The Kier molecular flexibility index (Phi) is 5.64. The molecular weight excluding hydrogens is 324 g/mol. The Labute approximate surface area is 107 Å². The molecule has 0 fully saturated rings. The Hall–Kier alpha value is -0.0600. The first kappa shape index (κ1) is 13.0. The van der Waals surface area contributed by atoms with Gasteiger partial charge in [-0.25, -0.2) is 0 Å². The van der Waals surface area contributed by atoms with E-state index in [1.807, 2.05) is 18.2 Å². The lowest BCUT2D eigenvalue weighted by Crippen LogP contribution is -2.10. The van der Waals surface area contributed by atoms with Gasteiger partial charge in [0.2, 0.25) is 0 Å². The number of ether oxygens (including phenoxy) is 1. The summed E-state index contributed by atoms with van der Waals surface area (Å²) in [5.41, 5.74) is 1.11. The molecule has 0 saturated carbocycles. The summed E-state index contributed by atoms with van der Waals surface area (Å²) in [6.45, 7) is 0. The molecule has 1 aromatic rings. The fourth-order valence-corrected chi connectivity index (χ4v) is 2.45. The number of hydrogen-bond donors (Lipinski definition) is 1. The molecule has 0 spiro atoms. The summed E-state index contributed by atoms with van der Waals surface area (Å²) in [7, 11) is 1.64. The van der Waals surface area contributed by atoms with Gasteiger partial charge >= 0.3 is 0 Å². The third-order valence-electron chi connectivity index (χ3n) is 2.13. The van der Waals surface area contributed by atoms with Gasteiger partial charge in [0.25, 0.3) is 0 Å². The molecule has 0 saturated heterocycles. The molecule has 0 amide bonds. The van der Waals surface area contributed by atoms with Crippen LogP contribution in [0.1, 0.15) is 12.0 Å². The fourth-order valence-electron chi connectivity index (χ4n) is 1.34. The Morgan fingerprint density at radius 2 is 2.20 bits per heavy atom. The van der Waals surface area contributed by atoms with E-state index in [1.54, 1.807) is 7.11 Å². The highest BCUT2D eigenvalue weighted by Gasteiger charge is 2.07. The van der Waals surface area contributed by atoms with Crippen molar-refractivity contribution in [2.45, 2.75) is 18.9 Å². The minimum absolute atomic E-state index is 0.287. The Balaban J connectivity index is 2.66. The van der Waals surface area contributed by atoms with E-state index < -0.39 is 0 Å². The van der Waals surface area contributed by atoms with E-state index in [0.717, 1.165) is 27.5 Å². The van der Waals surface area contributed by atoms with E-state index >= 15 is 0 Å². The van der Waals surface area contributed by atoms with Gasteiger partial charge in [-0.15, -0.1) is 0 Å². The first-order valence-corrected chi connectivity index (χ1v) is 6.65. The lowest BCUT2D eigenvalue weighted by molar-refractivity contribution is 0.172. The van der Waals surface area contributed by atoms with E-state index in [9.17, 15) is 5.11 Å². The Bertz CT molecular complexity index is 315. The quantitative estimate of drug-likeness (QED) is 0.836. The van der Waals surface area contributed by atoms with Crippen molar-refractivity contribution in [3.8, 4) is 5.75 Å². The van der Waals surface area contributed by atoms with E-state index in [-0.39, 0.29) is 6.10 Å². The molecule has 0 heterocycles. The lowest BCUT2D eigenvalue weighted by Gasteiger charge is -2.10. The number of benzene rings is 1. The second-order valence-electron chi connectivity index (χ2n) is 3.30. The predicted molar refractivity (Wildman–Crippen MR) is 68.8 cm³/mol. The van der Waals surface area contributed by atoms with Gasteiger partial charge in [-0.2, -0.15) is 0 Å². The zero-order chi connectivity index (χ0) is 11.3. The van der Waals surface area contributed by atoms with Crippen molar-refractivity contribution >= 4 is 31.9 Å². The van der Waals surface area contributed by atoms with Gasteiger partial charge in [0.1, 0.15) is 5.75 Å². The van der Waals surface area contributed by atoms with Crippen LogP contribution >= 0.6 is 31.9 Å². The zero-order valence-corrected chi connectivity index (χ0v) is 11.7. The molecule has 1 aromatic carbocycles. The van der Waals surface area contributed by atoms with Crippen LogP contribution in [0.4, 0.5) is 0 Å². The SMILES string of the molecule is COc1ccc(CC(O)CCBr)cc1Br. The second kappa shape index (κ2) is 6.51. The monoisotopic (exact) mass is 336 g/mol. The number of aliphatic hydroxyl groups is 1. The van der Waals surface area contributed by atoms with Crippen molar-refractivity contribution in [1.29, 1.82) is 0 Å². The fraction of sp³-hybridized carbons (Fsp3) is 0.455. The molecule has 0 aliphatic heterocycles. The van der Waals surface area contributed by atoms with Gasteiger partial charge < -0.3 is 9.84 Å². The number of alkyl halides is 1. The summed E-state index contributed by atoms with van der Waals surface area (Å²) in [6.07, 6.45) is 1.15. The molecule has 4 heteroatoms. The number of halogens is 2. The van der Waals surface area contributed by atoms with Crippen LogP contribution in [0.2, 0.25) is 0 Å². The van der Waals surface area contributed by atoms with Crippen LogP contribution in [-0.4, -0.2) is 23.7 Å². The van der Waals surface area contributed by atoms with Gasteiger partial charge in [0.15, 0.2) is 0 Å². The third-order valence-corrected chi connectivity index (χ3v) is 3.21. The standard InChI is InChI=1S/C11H14Br2O2/c1-15-11-3-2-8(7-10(11)13)6-9(14)4-5-12/h2-3,7,9,14H,4-6H2,1H3. The lowest BCUT2D eigenvalue weighted by atomic mass is 10.1. The molecule has 15 heavy (non-hydrogen) atoms. The Morgan fingerprint density at radius 1 is 1.47 bits per heavy atom. The topological polar surface area (TPSA) is 29.5 Å². The molecule has 0 aliphatic rings. The molecular formula is C11H14Br2O2. The smallest absolute Gasteiger partial charge is 0.133 e. The van der Waals surface area contributed by atoms with E-state index in [2.05, 4.69) is 31.9 Å². The summed E-state index contributed by atoms with van der Waals surface area (Å²) in [5, 5.41) is 10.5. The molecule has 1 rings (SSSR count). The van der Waals surface area contributed by atoms with Gasteiger partial charge in [0, 0.05) is 5.33 Å². The van der Waals surface area contributed by atoms with Crippen molar-refractivity contribution in [2.75, 3.05) is 12.4 Å². The maximum Gasteiger partial charge on any atom is 0.133 e. The van der Waals surface area contributed by atoms with Gasteiger partial charge in [-0.1, -0.05) is 22.0 Å². The van der Waals surface area contributed by atoms with Crippen molar-refractivity contribution in [3.05, 3.63) is 28.2 Å². The normalized spacial score (nSPS) is 12.5. The van der Waals surface area contributed by atoms with Crippen LogP contribution in [0, 0.1) is 0 Å². The number of methoxy groups -OCH3 is 1. The second-order valence-corrected chi connectivity index (χ2v) is 4.95. The van der Waals surface area contributed by atoms with E-state index in [4.69, 9.17) is 4.74 Å². The minimum atomic E-state index is -0.287. The average molecular weight is 338 g/mol. The van der Waals surface area contributed by atoms with Gasteiger partial charge in [0.05, 0.1) is 17.7 Å². The van der Waals surface area contributed by atoms with Crippen LogP contribution < -0.4 is 4.74 Å². The molecule has 0 aromatic heterocycles. The van der Waals surface area contributed by atoms with Crippen molar-refractivity contribution < 1.29 is 9.84 Å². The summed E-state index contributed by atoms with van der Waals surface area (Å²) in [4.78, 5) is 0. The average Bonchev–Trinajstić information content (AvgIpc) is 2.18. The molecule has 1 N–H and O–H groups in total. The highest BCUT2D eigenvalue weighted by molar-refractivity contribution is 9.10. The highest BCUT2D eigenvalue weighted by Crippen LogP contribution is 2.26. The molecule has 0 bridgehead atoms. The number of aliphatic hydroxyl groups excluding tert-OH is 1. The summed E-state index contributed by atoms with van der Waals surface area (Å²) in [5.74, 6) is 0.814. The number of rotatable bonds is 5. The maximum absolute atomic E-state index is 9.64. The third kappa shape index (κ3) is 4.13. The first-order valence-electron chi connectivity index (χ1n) is 4.73. The summed E-state index contributed by atoms with van der Waals surface area (Å²) in [6, 6.07) is 5.86. The first-order chi connectivity index (χ1) is 7.17. The Morgan fingerprint density at radius 3 is 2.73 bits per heavy atom. The molecule has 1 unspecified atom stereocenters. The van der Waals surface area contributed by atoms with Gasteiger partial charge in [-0.05, 0) is 46.5 Å². The molecule has 0 radical (unpaired) electrons. The maximum atomic E-state index is 9.64. The molecule has 2 nitrogen and oxygen atoms in total. The van der Waals surface area contributed by atoms with Crippen molar-refractivity contribution in [3.63, 3.8) is 0 Å². The van der Waals surface area contributed by atoms with Crippen LogP contribution in [-0.2, 0) is 6.42 Å². The molecule has 0 aliphatic carbocycles. The van der Waals surface area contributed by atoms with Crippen molar-refractivity contribution in [1.82, 2.24) is 0 Å². The predicted octanol–water partition coefficient (Wildman–Crippen LogP) is 3.15. The van der Waals surface area contributed by atoms with Gasteiger partial charge in [-0.3, -0.25) is 0 Å². The van der Waals surface area contributed by atoms with Crippen LogP contribution in [0.5, 0.6) is 5.75 Å². The summed E-state index contributed by atoms with van der Waals surface area (Å²) >= 11 is 6.73. The van der Waals surface area contributed by atoms with E-state index in [1.165, 1.54) is 0 Å². The number of hydrogen-bond acceptors (Lipinski definition) is 2. The minimum Gasteiger partial charge on any atom is -0.496 e. The van der Waals surface area contributed by atoms with E-state index in [0.29, 0.717) is 6.42 Å². The summed E-state index contributed by atoms with van der Waals surface area (Å²) < 4.78 is 6.06. The van der Waals surface area contributed by atoms with Crippen LogP contribution in [0.15, 0.2) is 22.7 Å². The van der Waals surface area contributed by atoms with Crippen LogP contribution in [0.25, 0.3) is 0 Å². The van der Waals surface area contributed by atoms with Crippen molar-refractivity contribution in [2.24, 2.45) is 0 Å². The highest BCUT2D eigenvalue weighted by atomic mass is 79.9. The largest absolute Gasteiger partial charge is 0.496 e.